The van der Waals surface area contributed by atoms with Gasteiger partial charge in [-0.15, -0.1) is 0 Å². The second-order valence-electron chi connectivity index (χ2n) is 2.34. The van der Waals surface area contributed by atoms with Crippen LogP contribution in [0.5, 0.6) is 0 Å². The number of carbonyl (C=O) groups is 2. The van der Waals surface area contributed by atoms with Crippen molar-refractivity contribution in [2.24, 2.45) is 0 Å². The fourth-order valence-electron chi connectivity index (χ4n) is 0.755. The van der Waals surface area contributed by atoms with Crippen molar-refractivity contribution in [2.45, 2.75) is 0 Å². The molecule has 0 fully saturated rings. The number of carboxylic acid groups (broad SMARTS) is 2. The maximum absolute atomic E-state index is 10.3. The summed E-state index contributed by atoms with van der Waals surface area (Å²) in [4.78, 5) is 20.7. The van der Waals surface area contributed by atoms with Crippen LogP contribution in [0.25, 0.3) is 0 Å². The minimum atomic E-state index is -1.33. The van der Waals surface area contributed by atoms with Gasteiger partial charge in [-0.05, 0) is 24.3 Å². The maximum atomic E-state index is 10.3. The van der Waals surface area contributed by atoms with Gasteiger partial charge in [0, 0.05) is 0 Å². The van der Waals surface area contributed by atoms with Crippen molar-refractivity contribution < 1.29 is 31.0 Å². The molecule has 1 rings (SSSR count). The van der Waals surface area contributed by atoms with Crippen molar-refractivity contribution in [1.29, 1.82) is 0 Å². The second kappa shape index (κ2) is 7.76. The first-order valence-electron chi connectivity index (χ1n) is 3.58. The first kappa shape index (κ1) is 15.5. The Balaban J connectivity index is 0.000000487. The van der Waals surface area contributed by atoms with E-state index in [0.717, 1.165) is 0 Å². The molecule has 0 spiro atoms. The van der Waals surface area contributed by atoms with Crippen LogP contribution in [0, 0.1) is 0 Å². The van der Waals surface area contributed by atoms with E-state index < -0.39 is 23.1 Å². The van der Waals surface area contributed by atoms with E-state index in [2.05, 4.69) is 0 Å². The van der Waals surface area contributed by atoms with Gasteiger partial charge in [0.05, 0.1) is 11.1 Å². The number of carboxylic acids is 2. The molecule has 1 aromatic carbocycles. The van der Waals surface area contributed by atoms with Crippen LogP contribution >= 0.6 is 30.3 Å². The standard InChI is InChI=1S/C8H6O4.3ClH.Fe/c9-7(10)5-1-2-6(4-3-5)8(11)12;;;;/h1-4H,(H,9,10)(H,11,12);3*1H;/q;;;;+3/p-3. The first-order chi connectivity index (χ1) is 7.34. The van der Waals surface area contributed by atoms with Crippen molar-refractivity contribution in [3.8, 4) is 0 Å². The van der Waals surface area contributed by atoms with E-state index in [9.17, 15) is 9.59 Å². The summed E-state index contributed by atoms with van der Waals surface area (Å²) in [6, 6.07) is 5.02. The van der Waals surface area contributed by atoms with Gasteiger partial charge < -0.3 is 10.2 Å². The van der Waals surface area contributed by atoms with Crippen LogP contribution in [0.1, 0.15) is 20.7 Å². The Morgan fingerprint density at radius 3 is 1.19 bits per heavy atom. The summed E-state index contributed by atoms with van der Waals surface area (Å²) in [6.45, 7) is 0. The molecule has 0 aromatic heterocycles. The monoisotopic (exact) mass is 327 g/mol. The predicted molar refractivity (Wildman–Crippen MR) is 57.9 cm³/mol. The molecule has 1 aromatic rings. The fourth-order valence-corrected chi connectivity index (χ4v) is 0.755. The molecule has 0 saturated heterocycles. The van der Waals surface area contributed by atoms with Gasteiger partial charge in [0.25, 0.3) is 0 Å². The molecule has 0 saturated carbocycles. The Kier molecular flexibility index (Phi) is 7.54. The third-order valence-corrected chi connectivity index (χ3v) is 1.38. The predicted octanol–water partition coefficient (Wildman–Crippen LogP) is 3.15. The number of benzene rings is 1. The molecule has 0 atom stereocenters. The molecule has 8 heteroatoms. The van der Waals surface area contributed by atoms with Gasteiger partial charge in [0.15, 0.2) is 0 Å². The molecule has 91 valence electrons. The molecule has 16 heavy (non-hydrogen) atoms. The van der Waals surface area contributed by atoms with E-state index in [1.807, 2.05) is 0 Å². The number of rotatable bonds is 2. The summed E-state index contributed by atoms with van der Waals surface area (Å²) < 4.78 is 0. The molecule has 0 aliphatic carbocycles. The van der Waals surface area contributed by atoms with Gasteiger partial charge in [0.1, 0.15) is 0 Å². The molecule has 0 bridgehead atoms. The van der Waals surface area contributed by atoms with Gasteiger partial charge in [-0.2, -0.15) is 0 Å². The molecule has 0 aliphatic rings. The van der Waals surface area contributed by atoms with Gasteiger partial charge in [-0.25, -0.2) is 9.59 Å². The summed E-state index contributed by atoms with van der Waals surface area (Å²) in [5.74, 6) is -2.13. The van der Waals surface area contributed by atoms with Gasteiger partial charge in [-0.1, -0.05) is 0 Å². The molecular formula is C8H6Cl3FeO4. The Bertz CT molecular complexity index is 330. The molecule has 0 amide bonds. The van der Waals surface area contributed by atoms with E-state index >= 15 is 0 Å². The molecule has 0 aliphatic heterocycles. The summed E-state index contributed by atoms with van der Waals surface area (Å²) in [7, 11) is 14.7. The van der Waals surface area contributed by atoms with Crippen LogP contribution in [0.4, 0.5) is 0 Å². The van der Waals surface area contributed by atoms with E-state index in [4.69, 9.17) is 40.5 Å². The Morgan fingerprint density at radius 1 is 0.875 bits per heavy atom. The van der Waals surface area contributed by atoms with Gasteiger partial charge >= 0.3 is 53.4 Å². The minimum absolute atomic E-state index is 0.0833. The molecule has 0 heterocycles. The first-order valence-corrected chi connectivity index (χ1v) is 8.14. The van der Waals surface area contributed by atoms with E-state index in [0.29, 0.717) is 0 Å². The molecule has 4 nitrogen and oxygen atoms in total. The third-order valence-electron chi connectivity index (χ3n) is 1.38. The summed E-state index contributed by atoms with van der Waals surface area (Å²) in [5, 5.41) is 16.9. The van der Waals surface area contributed by atoms with Crippen molar-refractivity contribution in [3.05, 3.63) is 35.4 Å². The van der Waals surface area contributed by atoms with Crippen molar-refractivity contribution in [1.82, 2.24) is 0 Å². The van der Waals surface area contributed by atoms with Crippen LogP contribution in [0.3, 0.4) is 0 Å². The second-order valence-corrected chi connectivity index (χ2v) is 7.81. The van der Waals surface area contributed by atoms with Crippen LogP contribution in [0.2, 0.25) is 0 Å². The summed E-state index contributed by atoms with van der Waals surface area (Å²) in [6.07, 6.45) is 0. The summed E-state index contributed by atoms with van der Waals surface area (Å²) >= 11 is -1.33. The molecule has 0 radical (unpaired) electrons. The van der Waals surface area contributed by atoms with E-state index in [1.54, 1.807) is 0 Å². The number of hydrogen-bond acceptors (Lipinski definition) is 2. The summed E-state index contributed by atoms with van der Waals surface area (Å²) in [5.41, 5.74) is 0.167. The fraction of sp³-hybridized carbons (Fsp3) is 0. The molecule has 0 unspecified atom stereocenters. The zero-order valence-corrected chi connectivity index (χ0v) is 10.9. The van der Waals surface area contributed by atoms with Gasteiger partial charge in [0.2, 0.25) is 0 Å². The molecule has 2 N–H and O–H groups in total. The normalized spacial score (nSPS) is 9.81. The Hall–Kier alpha value is -0.451. The van der Waals surface area contributed by atoms with Crippen molar-refractivity contribution in [3.63, 3.8) is 0 Å². The number of halogens is 3. The third kappa shape index (κ3) is 6.93. The van der Waals surface area contributed by atoms with Crippen molar-refractivity contribution >= 4 is 42.2 Å². The van der Waals surface area contributed by atoms with Crippen molar-refractivity contribution in [2.75, 3.05) is 0 Å². The quantitative estimate of drug-likeness (QED) is 0.818. The zero-order chi connectivity index (χ0) is 12.7. The molecular weight excluding hydrogens is 322 g/mol. The Labute approximate surface area is 108 Å². The van der Waals surface area contributed by atoms with Crippen LogP contribution in [0.15, 0.2) is 24.3 Å². The van der Waals surface area contributed by atoms with Crippen LogP contribution in [-0.4, -0.2) is 22.2 Å². The van der Waals surface area contributed by atoms with E-state index in [1.165, 1.54) is 24.3 Å². The number of hydrogen-bond donors (Lipinski definition) is 2. The number of aromatic carboxylic acids is 2. The average molecular weight is 328 g/mol. The zero-order valence-electron chi connectivity index (χ0n) is 7.51. The van der Waals surface area contributed by atoms with Crippen LogP contribution < -0.4 is 0 Å². The van der Waals surface area contributed by atoms with Gasteiger partial charge in [-0.3, -0.25) is 0 Å². The van der Waals surface area contributed by atoms with Crippen LogP contribution in [-0.2, 0) is 11.2 Å². The topological polar surface area (TPSA) is 74.6 Å². The average Bonchev–Trinajstić information content (AvgIpc) is 2.17. The SMILES string of the molecule is O=C(O)c1ccc(C(=O)O)cc1.[Cl][Fe]([Cl])[Cl]. The van der Waals surface area contributed by atoms with E-state index in [-0.39, 0.29) is 11.1 Å². The Morgan fingerprint density at radius 2 is 1.06 bits per heavy atom.